The first-order valence-electron chi connectivity index (χ1n) is 11.0. The molecule has 3 nitrogen and oxygen atoms in total. The number of likely N-dealkylation sites (N-methyl/N-ethyl adjacent to an activating group) is 1. The molecule has 158 valence electrons. The molecule has 3 heteroatoms. The Hall–Kier alpha value is -3.17. The molecule has 4 rings (SSSR count). The van der Waals surface area contributed by atoms with E-state index in [0.29, 0.717) is 4.48 Å². The van der Waals surface area contributed by atoms with Gasteiger partial charge in [-0.25, -0.2) is 0 Å². The van der Waals surface area contributed by atoms with E-state index in [-0.39, 0.29) is 11.8 Å². The lowest BCUT2D eigenvalue weighted by molar-refractivity contribution is -0.911. The third-order valence-electron chi connectivity index (χ3n) is 6.36. The van der Waals surface area contributed by atoms with Crippen LogP contribution in [0.25, 0.3) is 11.1 Å². The van der Waals surface area contributed by atoms with E-state index in [1.165, 1.54) is 34.0 Å². The van der Waals surface area contributed by atoms with Crippen molar-refractivity contribution in [3.05, 3.63) is 102 Å². The molecule has 0 radical (unpaired) electrons. The maximum absolute atomic E-state index is 12.7. The van der Waals surface area contributed by atoms with Gasteiger partial charge in [-0.05, 0) is 34.4 Å². The molecule has 0 fully saturated rings. The second kappa shape index (κ2) is 8.91. The van der Waals surface area contributed by atoms with Gasteiger partial charge in [-0.3, -0.25) is 4.79 Å². The molecule has 0 saturated carbocycles. The predicted molar refractivity (Wildman–Crippen MR) is 129 cm³/mol. The van der Waals surface area contributed by atoms with Crippen molar-refractivity contribution in [2.45, 2.75) is 18.9 Å². The number of fused-ring (bicyclic) bond motifs is 3. The third kappa shape index (κ3) is 4.33. The Labute approximate surface area is 185 Å². The highest BCUT2D eigenvalue weighted by atomic mass is 16.1. The highest BCUT2D eigenvalue weighted by Crippen LogP contribution is 2.40. The zero-order chi connectivity index (χ0) is 21.8. The first kappa shape index (κ1) is 21.1. The summed E-state index contributed by atoms with van der Waals surface area (Å²) < 4.78 is 0.606. The molecule has 1 aliphatic carbocycles. The Morgan fingerprint density at radius 2 is 1.71 bits per heavy atom. The Morgan fingerprint density at radius 1 is 1.00 bits per heavy atom. The standard InChI is InChI=1S/C28H31N2O/c1-4-27(31)28(21-12-6-5-7-13-21)30(2,3)19-11-18-29-26-17-10-16-24-23-15-9-8-14-22(23)20-25(24)26/h4-10,12-17,28-29H,1,11,18-20H2,2-3H3/q+1. The first-order valence-corrected chi connectivity index (χ1v) is 11.0. The van der Waals surface area contributed by atoms with Gasteiger partial charge in [0.1, 0.15) is 0 Å². The maximum atomic E-state index is 12.7. The number of quaternary nitrogens is 1. The van der Waals surface area contributed by atoms with E-state index in [1.807, 2.05) is 30.3 Å². The second-order valence-electron chi connectivity index (χ2n) is 8.87. The van der Waals surface area contributed by atoms with Gasteiger partial charge in [0.05, 0.1) is 20.6 Å². The molecular weight excluding hydrogens is 380 g/mol. The van der Waals surface area contributed by atoms with E-state index in [2.05, 4.69) is 68.5 Å². The molecule has 0 amide bonds. The average Bonchev–Trinajstić information content (AvgIpc) is 3.17. The maximum Gasteiger partial charge on any atom is 0.217 e. The van der Waals surface area contributed by atoms with Crippen LogP contribution < -0.4 is 5.32 Å². The van der Waals surface area contributed by atoms with Crippen LogP contribution in [0.3, 0.4) is 0 Å². The molecule has 0 spiro atoms. The molecule has 0 bridgehead atoms. The summed E-state index contributed by atoms with van der Waals surface area (Å²) >= 11 is 0. The zero-order valence-electron chi connectivity index (χ0n) is 18.5. The van der Waals surface area contributed by atoms with Crippen LogP contribution in [0.4, 0.5) is 5.69 Å². The van der Waals surface area contributed by atoms with Crippen molar-refractivity contribution >= 4 is 11.5 Å². The lowest BCUT2D eigenvalue weighted by Crippen LogP contribution is -2.47. The first-order chi connectivity index (χ1) is 15.0. The Balaban J connectivity index is 1.42. The number of benzene rings is 3. The molecule has 1 N–H and O–H groups in total. The largest absolute Gasteiger partial charge is 0.385 e. The Bertz CT molecular complexity index is 1090. The van der Waals surface area contributed by atoms with Crippen molar-refractivity contribution in [2.24, 2.45) is 0 Å². The van der Waals surface area contributed by atoms with Crippen LogP contribution in [-0.2, 0) is 11.2 Å². The SMILES string of the molecule is C=CC(=O)C(c1ccccc1)[N+](C)(C)CCCNc1cccc2c1Cc1ccccc1-2. The molecule has 0 saturated heterocycles. The number of ketones is 1. The summed E-state index contributed by atoms with van der Waals surface area (Å²) in [7, 11) is 4.27. The smallest absolute Gasteiger partial charge is 0.217 e. The van der Waals surface area contributed by atoms with Crippen LogP contribution in [0.2, 0.25) is 0 Å². The van der Waals surface area contributed by atoms with E-state index in [9.17, 15) is 4.79 Å². The molecule has 1 atom stereocenters. The van der Waals surface area contributed by atoms with Gasteiger partial charge in [-0.2, -0.15) is 0 Å². The predicted octanol–water partition coefficient (Wildman–Crippen LogP) is 5.63. The van der Waals surface area contributed by atoms with Crippen molar-refractivity contribution < 1.29 is 9.28 Å². The van der Waals surface area contributed by atoms with Crippen LogP contribution in [-0.4, -0.2) is 37.5 Å². The number of nitrogens with zero attached hydrogens (tertiary/aromatic N) is 1. The third-order valence-corrected chi connectivity index (χ3v) is 6.36. The van der Waals surface area contributed by atoms with Gasteiger partial charge in [0.15, 0.2) is 6.04 Å². The number of nitrogens with one attached hydrogen (secondary N) is 1. The van der Waals surface area contributed by atoms with Gasteiger partial charge in [-0.15, -0.1) is 0 Å². The molecule has 0 aromatic heterocycles. The van der Waals surface area contributed by atoms with Gasteiger partial charge in [0.25, 0.3) is 0 Å². The fraction of sp³-hybridized carbons (Fsp3) is 0.250. The summed E-state index contributed by atoms with van der Waals surface area (Å²) in [5.74, 6) is 0.0720. The van der Waals surface area contributed by atoms with Crippen LogP contribution in [0, 0.1) is 0 Å². The van der Waals surface area contributed by atoms with Gasteiger partial charge in [0.2, 0.25) is 5.78 Å². The van der Waals surface area contributed by atoms with Crippen molar-refractivity contribution in [3.8, 4) is 11.1 Å². The van der Waals surface area contributed by atoms with E-state index >= 15 is 0 Å². The summed E-state index contributed by atoms with van der Waals surface area (Å²) in [5, 5.41) is 3.66. The van der Waals surface area contributed by atoms with Gasteiger partial charge in [0, 0.05) is 30.6 Å². The van der Waals surface area contributed by atoms with Crippen LogP contribution in [0.1, 0.15) is 29.2 Å². The van der Waals surface area contributed by atoms with Gasteiger partial charge >= 0.3 is 0 Å². The highest BCUT2D eigenvalue weighted by molar-refractivity contribution is 5.93. The molecule has 31 heavy (non-hydrogen) atoms. The van der Waals surface area contributed by atoms with Crippen LogP contribution in [0.15, 0.2) is 85.5 Å². The summed E-state index contributed by atoms with van der Waals surface area (Å²) in [6, 6.07) is 25.0. The molecule has 3 aromatic rings. The number of carbonyl (C=O) groups excluding carboxylic acids is 1. The number of hydrogen-bond donors (Lipinski definition) is 1. The second-order valence-corrected chi connectivity index (χ2v) is 8.87. The Kier molecular flexibility index (Phi) is 6.06. The van der Waals surface area contributed by atoms with E-state index in [4.69, 9.17) is 0 Å². The van der Waals surface area contributed by atoms with Crippen LogP contribution in [0.5, 0.6) is 0 Å². The summed E-state index contributed by atoms with van der Waals surface area (Å²) in [6.07, 6.45) is 3.42. The number of anilines is 1. The Morgan fingerprint density at radius 3 is 2.48 bits per heavy atom. The fourth-order valence-electron chi connectivity index (χ4n) is 4.82. The molecule has 0 heterocycles. The number of rotatable bonds is 9. The lowest BCUT2D eigenvalue weighted by atomic mass is 9.99. The average molecular weight is 412 g/mol. The van der Waals surface area contributed by atoms with Gasteiger partial charge in [-0.1, -0.05) is 73.3 Å². The van der Waals surface area contributed by atoms with Gasteiger partial charge < -0.3 is 9.80 Å². The molecule has 0 aliphatic heterocycles. The minimum atomic E-state index is -0.228. The van der Waals surface area contributed by atoms with E-state index < -0.39 is 0 Å². The van der Waals surface area contributed by atoms with E-state index in [1.54, 1.807) is 0 Å². The molecular formula is C28H31N2O+. The minimum Gasteiger partial charge on any atom is -0.385 e. The number of carbonyl (C=O) groups is 1. The topological polar surface area (TPSA) is 29.1 Å². The quantitative estimate of drug-likeness (QED) is 0.220. The fourth-order valence-corrected chi connectivity index (χ4v) is 4.82. The highest BCUT2D eigenvalue weighted by Gasteiger charge is 2.34. The zero-order valence-corrected chi connectivity index (χ0v) is 18.5. The van der Waals surface area contributed by atoms with Crippen molar-refractivity contribution in [2.75, 3.05) is 32.5 Å². The minimum absolute atomic E-state index is 0.0720. The molecule has 1 unspecified atom stereocenters. The van der Waals surface area contributed by atoms with Crippen molar-refractivity contribution in [1.82, 2.24) is 0 Å². The summed E-state index contributed by atoms with van der Waals surface area (Å²) in [5.41, 5.74) is 7.76. The van der Waals surface area contributed by atoms with Crippen molar-refractivity contribution in [1.29, 1.82) is 0 Å². The van der Waals surface area contributed by atoms with Crippen LogP contribution >= 0.6 is 0 Å². The van der Waals surface area contributed by atoms with Crippen molar-refractivity contribution in [3.63, 3.8) is 0 Å². The lowest BCUT2D eigenvalue weighted by Gasteiger charge is -2.37. The normalized spacial score (nSPS) is 13.2. The van der Waals surface area contributed by atoms with E-state index in [0.717, 1.165) is 31.5 Å². The summed E-state index contributed by atoms with van der Waals surface area (Å²) in [4.78, 5) is 12.7. The molecule has 3 aromatic carbocycles. The number of hydrogen-bond acceptors (Lipinski definition) is 2. The monoisotopic (exact) mass is 411 g/mol. The molecule has 1 aliphatic rings. The summed E-state index contributed by atoms with van der Waals surface area (Å²) in [6.45, 7) is 5.50.